The van der Waals surface area contributed by atoms with Gasteiger partial charge in [0.2, 0.25) is 0 Å². The van der Waals surface area contributed by atoms with Crippen LogP contribution in [-0.2, 0) is 0 Å². The van der Waals surface area contributed by atoms with Gasteiger partial charge in [-0.3, -0.25) is 0 Å². The maximum Gasteiger partial charge on any atom is 0.0709 e. The number of benzene rings is 5. The second-order valence-electron chi connectivity index (χ2n) is 8.14. The van der Waals surface area contributed by atoms with Gasteiger partial charge < -0.3 is 4.90 Å². The van der Waals surface area contributed by atoms with E-state index in [0.29, 0.717) is 0 Å². The van der Waals surface area contributed by atoms with Crippen molar-refractivity contribution in [1.82, 2.24) is 4.98 Å². The van der Waals surface area contributed by atoms with Crippen molar-refractivity contribution in [2.24, 2.45) is 0 Å². The monoisotopic (exact) mass is 422 g/mol. The van der Waals surface area contributed by atoms with Crippen molar-refractivity contribution in [1.29, 1.82) is 0 Å². The summed E-state index contributed by atoms with van der Waals surface area (Å²) in [6.45, 7) is 0. The van der Waals surface area contributed by atoms with Gasteiger partial charge in [-0.05, 0) is 65.4 Å². The van der Waals surface area contributed by atoms with E-state index < -0.39 is 0 Å². The van der Waals surface area contributed by atoms with E-state index in [0.717, 1.165) is 39.2 Å². The highest BCUT2D eigenvalue weighted by molar-refractivity contribution is 5.92. The highest BCUT2D eigenvalue weighted by Gasteiger charge is 2.12. The van der Waals surface area contributed by atoms with Crippen molar-refractivity contribution in [3.05, 3.63) is 133 Å². The predicted molar refractivity (Wildman–Crippen MR) is 139 cm³/mol. The molecule has 1 aromatic heterocycles. The number of anilines is 3. The first kappa shape index (κ1) is 19.3. The molecule has 0 spiro atoms. The van der Waals surface area contributed by atoms with Crippen LogP contribution in [0.15, 0.2) is 133 Å². The van der Waals surface area contributed by atoms with Crippen molar-refractivity contribution in [2.45, 2.75) is 0 Å². The number of para-hydroxylation sites is 3. The van der Waals surface area contributed by atoms with Gasteiger partial charge >= 0.3 is 0 Å². The number of rotatable bonds is 4. The van der Waals surface area contributed by atoms with E-state index in [1.807, 2.05) is 12.1 Å². The van der Waals surface area contributed by atoms with Gasteiger partial charge in [0.25, 0.3) is 0 Å². The number of nitrogens with zero attached hydrogens (tertiary/aromatic N) is 2. The van der Waals surface area contributed by atoms with Gasteiger partial charge in [-0.15, -0.1) is 0 Å². The third-order valence-corrected chi connectivity index (χ3v) is 6.00. The standard InChI is InChI=1S/C31H22N2/c1-3-10-27(11-4-1)33(28-12-5-2-6-13-28)29-19-17-23-15-16-25(21-26(23)22-29)31-20-18-24-9-7-8-14-30(24)32-31/h1-22H. The van der Waals surface area contributed by atoms with Gasteiger partial charge in [-0.25, -0.2) is 4.98 Å². The fourth-order valence-corrected chi connectivity index (χ4v) is 4.36. The summed E-state index contributed by atoms with van der Waals surface area (Å²) in [5, 5.41) is 3.56. The minimum absolute atomic E-state index is 0.990. The fourth-order valence-electron chi connectivity index (χ4n) is 4.36. The van der Waals surface area contributed by atoms with Crippen molar-refractivity contribution in [2.75, 3.05) is 4.90 Å². The smallest absolute Gasteiger partial charge is 0.0709 e. The summed E-state index contributed by atoms with van der Waals surface area (Å²) >= 11 is 0. The minimum Gasteiger partial charge on any atom is -0.310 e. The van der Waals surface area contributed by atoms with Crippen LogP contribution in [0, 0.1) is 0 Å². The predicted octanol–water partition coefficient (Wildman–Crippen LogP) is 8.52. The normalized spacial score (nSPS) is 11.0. The van der Waals surface area contributed by atoms with E-state index in [4.69, 9.17) is 4.98 Å². The van der Waals surface area contributed by atoms with Crippen LogP contribution in [0.25, 0.3) is 32.9 Å². The molecule has 0 aliphatic carbocycles. The maximum absolute atomic E-state index is 4.89. The molecular formula is C31H22N2. The Labute approximate surface area is 193 Å². The van der Waals surface area contributed by atoms with Crippen LogP contribution >= 0.6 is 0 Å². The molecule has 6 rings (SSSR count). The summed E-state index contributed by atoms with van der Waals surface area (Å²) in [5.41, 5.74) is 6.53. The molecule has 5 aromatic carbocycles. The quantitative estimate of drug-likeness (QED) is 0.283. The zero-order valence-corrected chi connectivity index (χ0v) is 18.1. The first-order valence-electron chi connectivity index (χ1n) is 11.2. The lowest BCUT2D eigenvalue weighted by atomic mass is 10.0. The van der Waals surface area contributed by atoms with Gasteiger partial charge in [0, 0.05) is 28.0 Å². The highest BCUT2D eigenvalue weighted by Crippen LogP contribution is 2.36. The van der Waals surface area contributed by atoms with Gasteiger partial charge in [0.1, 0.15) is 0 Å². The third kappa shape index (κ3) is 3.72. The van der Waals surface area contributed by atoms with Gasteiger partial charge in [-0.1, -0.05) is 78.9 Å². The summed E-state index contributed by atoms with van der Waals surface area (Å²) in [7, 11) is 0. The lowest BCUT2D eigenvalue weighted by Crippen LogP contribution is -2.09. The molecule has 0 radical (unpaired) electrons. The largest absolute Gasteiger partial charge is 0.310 e. The first-order valence-corrected chi connectivity index (χ1v) is 11.2. The highest BCUT2D eigenvalue weighted by atomic mass is 15.1. The SMILES string of the molecule is c1ccc(N(c2ccccc2)c2ccc3ccc(-c4ccc5ccccc5n4)cc3c2)cc1. The molecule has 2 nitrogen and oxygen atoms in total. The summed E-state index contributed by atoms with van der Waals surface area (Å²) < 4.78 is 0. The summed E-state index contributed by atoms with van der Waals surface area (Å²) in [6, 6.07) is 46.7. The second-order valence-corrected chi connectivity index (χ2v) is 8.14. The van der Waals surface area contributed by atoms with Crippen LogP contribution in [0.1, 0.15) is 0 Å². The molecule has 2 heteroatoms. The van der Waals surface area contributed by atoms with Crippen molar-refractivity contribution >= 4 is 38.7 Å². The Bertz CT molecular complexity index is 1520. The number of hydrogen-bond acceptors (Lipinski definition) is 2. The molecule has 0 amide bonds. The zero-order chi connectivity index (χ0) is 22.0. The molecule has 6 aromatic rings. The number of fused-ring (bicyclic) bond motifs is 2. The number of pyridine rings is 1. The Morgan fingerprint density at radius 2 is 1.06 bits per heavy atom. The Morgan fingerprint density at radius 3 is 1.82 bits per heavy atom. The van der Waals surface area contributed by atoms with Crippen molar-refractivity contribution in [3.8, 4) is 11.3 Å². The van der Waals surface area contributed by atoms with E-state index in [1.165, 1.54) is 10.8 Å². The van der Waals surface area contributed by atoms with Crippen LogP contribution < -0.4 is 4.90 Å². The van der Waals surface area contributed by atoms with Gasteiger partial charge in [0.15, 0.2) is 0 Å². The van der Waals surface area contributed by atoms with E-state index in [2.05, 4.69) is 126 Å². The topological polar surface area (TPSA) is 16.1 Å². The molecule has 0 fully saturated rings. The molecule has 156 valence electrons. The summed E-state index contributed by atoms with van der Waals surface area (Å²) in [6.07, 6.45) is 0. The lowest BCUT2D eigenvalue weighted by molar-refractivity contribution is 1.29. The van der Waals surface area contributed by atoms with E-state index >= 15 is 0 Å². The van der Waals surface area contributed by atoms with E-state index in [-0.39, 0.29) is 0 Å². The van der Waals surface area contributed by atoms with Crippen LogP contribution in [0.4, 0.5) is 17.1 Å². The summed E-state index contributed by atoms with van der Waals surface area (Å²) in [4.78, 5) is 7.19. The second kappa shape index (κ2) is 8.25. The van der Waals surface area contributed by atoms with Crippen LogP contribution in [0.5, 0.6) is 0 Å². The van der Waals surface area contributed by atoms with Gasteiger partial charge in [-0.2, -0.15) is 0 Å². The molecule has 0 saturated heterocycles. The van der Waals surface area contributed by atoms with Crippen molar-refractivity contribution in [3.63, 3.8) is 0 Å². The van der Waals surface area contributed by atoms with Crippen LogP contribution in [0.2, 0.25) is 0 Å². The number of hydrogen-bond donors (Lipinski definition) is 0. The maximum atomic E-state index is 4.89. The molecule has 0 bridgehead atoms. The molecule has 1 heterocycles. The molecule has 0 aliphatic rings. The number of aromatic nitrogens is 1. The molecule has 0 atom stereocenters. The molecule has 0 unspecified atom stereocenters. The Kier molecular flexibility index (Phi) is 4.82. The molecule has 0 N–H and O–H groups in total. The van der Waals surface area contributed by atoms with Crippen LogP contribution in [0.3, 0.4) is 0 Å². The molecular weight excluding hydrogens is 400 g/mol. The van der Waals surface area contributed by atoms with Crippen LogP contribution in [-0.4, -0.2) is 4.98 Å². The average molecular weight is 423 g/mol. The third-order valence-electron chi connectivity index (χ3n) is 6.00. The molecule has 33 heavy (non-hydrogen) atoms. The molecule has 0 aliphatic heterocycles. The van der Waals surface area contributed by atoms with Crippen molar-refractivity contribution < 1.29 is 0 Å². The van der Waals surface area contributed by atoms with Gasteiger partial charge in [0.05, 0.1) is 11.2 Å². The van der Waals surface area contributed by atoms with E-state index in [1.54, 1.807) is 0 Å². The Morgan fingerprint density at radius 1 is 0.424 bits per heavy atom. The Hall–Kier alpha value is -4.43. The average Bonchev–Trinajstić information content (AvgIpc) is 2.89. The zero-order valence-electron chi connectivity index (χ0n) is 18.1. The fraction of sp³-hybridized carbons (Fsp3) is 0. The summed E-state index contributed by atoms with van der Waals surface area (Å²) in [5.74, 6) is 0. The lowest BCUT2D eigenvalue weighted by Gasteiger charge is -2.25. The Balaban J connectivity index is 1.47. The van der Waals surface area contributed by atoms with E-state index in [9.17, 15) is 0 Å². The minimum atomic E-state index is 0.990. The molecule has 0 saturated carbocycles. The first-order chi connectivity index (χ1) is 16.3.